The minimum Gasteiger partial charge on any atom is -0.385 e. The Morgan fingerprint density at radius 3 is 2.37 bits per heavy atom. The number of benzene rings is 1. The lowest BCUT2D eigenvalue weighted by Gasteiger charge is -2.17. The van der Waals surface area contributed by atoms with E-state index in [-0.39, 0.29) is 5.91 Å². The second kappa shape index (κ2) is 7.92. The highest BCUT2D eigenvalue weighted by molar-refractivity contribution is 5.96. The number of amides is 1. The summed E-state index contributed by atoms with van der Waals surface area (Å²) in [5.41, 5.74) is 9.05. The van der Waals surface area contributed by atoms with E-state index >= 15 is 0 Å². The molecule has 1 unspecified atom stereocenters. The summed E-state index contributed by atoms with van der Waals surface area (Å²) in [7, 11) is 1.60. The number of carbonyl (C=O) groups is 1. The van der Waals surface area contributed by atoms with Crippen LogP contribution in [0.2, 0.25) is 0 Å². The van der Waals surface area contributed by atoms with Crippen molar-refractivity contribution in [2.45, 2.75) is 39.2 Å². The second-order valence-electron chi connectivity index (χ2n) is 4.54. The van der Waals surface area contributed by atoms with Crippen LogP contribution in [0, 0.1) is 0 Å². The fraction of sp³-hybridized carbons (Fsp3) is 0.533. The molecule has 0 fully saturated rings. The van der Waals surface area contributed by atoms with Gasteiger partial charge in [0.15, 0.2) is 0 Å². The standard InChI is InChI=1S/C15H24N2O2/c1-4-11-7-6-8-12(5-2)14(11)17-15(18)13(16)9-10-19-3/h6-8,13H,4-5,9-10,16H2,1-3H3,(H,17,18). The summed E-state index contributed by atoms with van der Waals surface area (Å²) in [5.74, 6) is -0.146. The van der Waals surface area contributed by atoms with E-state index in [4.69, 9.17) is 10.5 Å². The molecule has 4 heteroatoms. The molecule has 0 aliphatic carbocycles. The smallest absolute Gasteiger partial charge is 0.241 e. The number of para-hydroxylation sites is 1. The van der Waals surface area contributed by atoms with Crippen molar-refractivity contribution < 1.29 is 9.53 Å². The van der Waals surface area contributed by atoms with E-state index in [2.05, 4.69) is 19.2 Å². The average molecular weight is 264 g/mol. The van der Waals surface area contributed by atoms with Crippen LogP contribution in [-0.4, -0.2) is 25.7 Å². The Labute approximate surface area is 115 Å². The Kier molecular flexibility index (Phi) is 6.53. The topological polar surface area (TPSA) is 64.4 Å². The molecule has 0 bridgehead atoms. The number of ether oxygens (including phenoxy) is 1. The minimum atomic E-state index is -0.533. The predicted octanol–water partition coefficient (Wildman–Crippen LogP) is 2.11. The zero-order valence-electron chi connectivity index (χ0n) is 12.0. The number of hydrogen-bond acceptors (Lipinski definition) is 3. The number of rotatable bonds is 7. The van der Waals surface area contributed by atoms with Crippen molar-refractivity contribution in [3.8, 4) is 0 Å². The molecule has 1 aromatic rings. The third kappa shape index (κ3) is 4.33. The molecule has 1 amide bonds. The molecule has 19 heavy (non-hydrogen) atoms. The molecule has 0 aromatic heterocycles. The van der Waals surface area contributed by atoms with Gasteiger partial charge in [0.25, 0.3) is 0 Å². The highest BCUT2D eigenvalue weighted by atomic mass is 16.5. The summed E-state index contributed by atoms with van der Waals surface area (Å²) in [5, 5.41) is 2.97. The first-order chi connectivity index (χ1) is 9.13. The third-order valence-electron chi connectivity index (χ3n) is 3.22. The summed E-state index contributed by atoms with van der Waals surface area (Å²) < 4.78 is 4.94. The van der Waals surface area contributed by atoms with Crippen molar-refractivity contribution in [2.24, 2.45) is 5.73 Å². The number of carbonyl (C=O) groups excluding carboxylic acids is 1. The molecule has 0 spiro atoms. The normalized spacial score (nSPS) is 12.2. The summed E-state index contributed by atoms with van der Waals surface area (Å²) >= 11 is 0. The fourth-order valence-electron chi connectivity index (χ4n) is 1.99. The van der Waals surface area contributed by atoms with Gasteiger partial charge in [-0.25, -0.2) is 0 Å². The van der Waals surface area contributed by atoms with Gasteiger partial charge in [-0.1, -0.05) is 32.0 Å². The lowest BCUT2D eigenvalue weighted by molar-refractivity contribution is -0.117. The summed E-state index contributed by atoms with van der Waals surface area (Å²) in [4.78, 5) is 12.1. The molecule has 0 saturated heterocycles. The molecule has 1 atom stereocenters. The third-order valence-corrected chi connectivity index (χ3v) is 3.22. The maximum Gasteiger partial charge on any atom is 0.241 e. The van der Waals surface area contributed by atoms with Gasteiger partial charge in [-0.05, 0) is 30.4 Å². The van der Waals surface area contributed by atoms with Crippen LogP contribution >= 0.6 is 0 Å². The van der Waals surface area contributed by atoms with Gasteiger partial charge in [-0.3, -0.25) is 4.79 Å². The van der Waals surface area contributed by atoms with Crippen molar-refractivity contribution in [1.82, 2.24) is 0 Å². The molecule has 4 nitrogen and oxygen atoms in total. The lowest BCUT2D eigenvalue weighted by Crippen LogP contribution is -2.37. The Bertz CT molecular complexity index is 396. The van der Waals surface area contributed by atoms with Crippen LogP contribution in [-0.2, 0) is 22.4 Å². The first-order valence-electron chi connectivity index (χ1n) is 6.80. The Morgan fingerprint density at radius 2 is 1.89 bits per heavy atom. The first kappa shape index (κ1) is 15.7. The summed E-state index contributed by atoms with van der Waals surface area (Å²) in [6.07, 6.45) is 2.30. The van der Waals surface area contributed by atoms with Gasteiger partial charge >= 0.3 is 0 Å². The van der Waals surface area contributed by atoms with Crippen LogP contribution in [0.3, 0.4) is 0 Å². The molecule has 0 saturated carbocycles. The quantitative estimate of drug-likeness (QED) is 0.793. The first-order valence-corrected chi connectivity index (χ1v) is 6.80. The number of hydrogen-bond donors (Lipinski definition) is 2. The monoisotopic (exact) mass is 264 g/mol. The van der Waals surface area contributed by atoms with Crippen LogP contribution in [0.1, 0.15) is 31.4 Å². The SMILES string of the molecule is CCc1cccc(CC)c1NC(=O)C(N)CCOC. The summed E-state index contributed by atoms with van der Waals surface area (Å²) in [6.45, 7) is 4.65. The van der Waals surface area contributed by atoms with Gasteiger partial charge in [-0.2, -0.15) is 0 Å². The van der Waals surface area contributed by atoms with Gasteiger partial charge in [-0.15, -0.1) is 0 Å². The van der Waals surface area contributed by atoms with E-state index in [0.29, 0.717) is 13.0 Å². The van der Waals surface area contributed by atoms with Gasteiger partial charge in [0.2, 0.25) is 5.91 Å². The molecule has 0 heterocycles. The highest BCUT2D eigenvalue weighted by Gasteiger charge is 2.16. The predicted molar refractivity (Wildman–Crippen MR) is 78.3 cm³/mol. The van der Waals surface area contributed by atoms with E-state index in [1.54, 1.807) is 7.11 Å². The largest absolute Gasteiger partial charge is 0.385 e. The van der Waals surface area contributed by atoms with Gasteiger partial charge in [0, 0.05) is 19.4 Å². The van der Waals surface area contributed by atoms with Crippen molar-refractivity contribution in [1.29, 1.82) is 0 Å². The van der Waals surface area contributed by atoms with Crippen molar-refractivity contribution >= 4 is 11.6 Å². The maximum atomic E-state index is 12.1. The molecule has 0 aliphatic rings. The van der Waals surface area contributed by atoms with Crippen LogP contribution in [0.4, 0.5) is 5.69 Å². The number of aryl methyl sites for hydroxylation is 2. The van der Waals surface area contributed by atoms with E-state index < -0.39 is 6.04 Å². The Hall–Kier alpha value is -1.39. The molecule has 1 rings (SSSR count). The Morgan fingerprint density at radius 1 is 1.32 bits per heavy atom. The van der Waals surface area contributed by atoms with Crippen molar-refractivity contribution in [2.75, 3.05) is 19.0 Å². The molecule has 0 aliphatic heterocycles. The van der Waals surface area contributed by atoms with Crippen molar-refractivity contribution in [3.05, 3.63) is 29.3 Å². The zero-order valence-corrected chi connectivity index (χ0v) is 12.0. The lowest BCUT2D eigenvalue weighted by atomic mass is 10.0. The molecule has 106 valence electrons. The maximum absolute atomic E-state index is 12.1. The van der Waals surface area contributed by atoms with E-state index in [1.165, 1.54) is 0 Å². The number of nitrogens with two attached hydrogens (primary N) is 1. The summed E-state index contributed by atoms with van der Waals surface area (Å²) in [6, 6.07) is 5.57. The van der Waals surface area contributed by atoms with Gasteiger partial charge in [0.05, 0.1) is 6.04 Å². The highest BCUT2D eigenvalue weighted by Crippen LogP contribution is 2.22. The fourth-order valence-corrected chi connectivity index (χ4v) is 1.99. The molecular weight excluding hydrogens is 240 g/mol. The Balaban J connectivity index is 2.83. The van der Waals surface area contributed by atoms with Gasteiger partial charge in [0.1, 0.15) is 0 Å². The minimum absolute atomic E-state index is 0.146. The zero-order chi connectivity index (χ0) is 14.3. The van der Waals surface area contributed by atoms with Crippen molar-refractivity contribution in [3.63, 3.8) is 0 Å². The van der Waals surface area contributed by atoms with Crippen LogP contribution in [0.5, 0.6) is 0 Å². The number of methoxy groups -OCH3 is 1. The van der Waals surface area contributed by atoms with E-state index in [0.717, 1.165) is 29.7 Å². The molecule has 3 N–H and O–H groups in total. The second-order valence-corrected chi connectivity index (χ2v) is 4.54. The van der Waals surface area contributed by atoms with E-state index in [9.17, 15) is 4.79 Å². The van der Waals surface area contributed by atoms with E-state index in [1.807, 2.05) is 18.2 Å². The molecule has 0 radical (unpaired) electrons. The average Bonchev–Trinajstić information content (AvgIpc) is 2.44. The van der Waals surface area contributed by atoms with Gasteiger partial charge < -0.3 is 15.8 Å². The van der Waals surface area contributed by atoms with Crippen LogP contribution in [0.15, 0.2) is 18.2 Å². The van der Waals surface area contributed by atoms with Crippen LogP contribution < -0.4 is 11.1 Å². The molecular formula is C15H24N2O2. The number of anilines is 1. The molecule has 1 aromatic carbocycles. The number of nitrogens with one attached hydrogen (secondary N) is 1. The van der Waals surface area contributed by atoms with Crippen LogP contribution in [0.25, 0.3) is 0 Å².